The van der Waals surface area contributed by atoms with Gasteiger partial charge in [0.25, 0.3) is 0 Å². The summed E-state index contributed by atoms with van der Waals surface area (Å²) in [5, 5.41) is 14.2. The van der Waals surface area contributed by atoms with E-state index in [1.807, 2.05) is 7.05 Å². The molecule has 0 aromatic carbocycles. The third kappa shape index (κ3) is 1.35. The van der Waals surface area contributed by atoms with Crippen LogP contribution in [0.15, 0.2) is 24.9 Å². The van der Waals surface area contributed by atoms with Gasteiger partial charge < -0.3 is 4.57 Å². The van der Waals surface area contributed by atoms with Crippen molar-refractivity contribution < 1.29 is 4.92 Å². The smallest absolute Gasteiger partial charge is 0.307 e. The van der Waals surface area contributed by atoms with Crippen molar-refractivity contribution in [1.29, 1.82) is 0 Å². The molecule has 0 aliphatic carbocycles. The highest BCUT2D eigenvalue weighted by atomic mass is 16.6. The molecule has 0 N–H and O–H groups in total. The number of nitro groups is 1. The van der Waals surface area contributed by atoms with E-state index in [2.05, 4.69) is 10.1 Å². The lowest BCUT2D eigenvalue weighted by Gasteiger charge is -1.90. The fraction of sp³-hybridized carbons (Fsp3) is 0.143. The van der Waals surface area contributed by atoms with Crippen molar-refractivity contribution in [2.24, 2.45) is 7.05 Å². The van der Waals surface area contributed by atoms with Crippen LogP contribution in [-0.2, 0) is 7.05 Å². The van der Waals surface area contributed by atoms with Gasteiger partial charge in [0, 0.05) is 13.2 Å². The summed E-state index contributed by atoms with van der Waals surface area (Å²) in [6, 6.07) is 0. The number of hydrogen-bond donors (Lipinski definition) is 0. The van der Waals surface area contributed by atoms with E-state index in [1.165, 1.54) is 17.1 Å². The Hall–Kier alpha value is -2.18. The van der Waals surface area contributed by atoms with E-state index in [4.69, 9.17) is 0 Å². The molecule has 14 heavy (non-hydrogen) atoms. The maximum Gasteiger partial charge on any atom is 0.307 e. The Morgan fingerprint density at radius 2 is 2.29 bits per heavy atom. The molecular formula is C7H7N5O2. The van der Waals surface area contributed by atoms with Gasteiger partial charge in [-0.2, -0.15) is 5.10 Å². The second-order valence-electron chi connectivity index (χ2n) is 2.80. The van der Waals surface area contributed by atoms with E-state index in [1.54, 1.807) is 17.1 Å². The topological polar surface area (TPSA) is 78.8 Å². The van der Waals surface area contributed by atoms with Gasteiger partial charge in [-0.1, -0.05) is 0 Å². The zero-order valence-corrected chi connectivity index (χ0v) is 7.36. The molecule has 0 saturated heterocycles. The van der Waals surface area contributed by atoms with Crippen LogP contribution in [0.25, 0.3) is 5.82 Å². The number of imidazole rings is 1. The Morgan fingerprint density at radius 1 is 1.50 bits per heavy atom. The Balaban J connectivity index is 2.38. The highest BCUT2D eigenvalue weighted by Gasteiger charge is 2.10. The molecule has 7 heteroatoms. The highest BCUT2D eigenvalue weighted by Crippen LogP contribution is 2.11. The van der Waals surface area contributed by atoms with Gasteiger partial charge in [-0.15, -0.1) is 0 Å². The van der Waals surface area contributed by atoms with Crippen LogP contribution in [0.3, 0.4) is 0 Å². The number of aryl methyl sites for hydroxylation is 1. The van der Waals surface area contributed by atoms with Crippen molar-refractivity contribution in [2.45, 2.75) is 0 Å². The molecular weight excluding hydrogens is 186 g/mol. The molecule has 7 nitrogen and oxygen atoms in total. The van der Waals surface area contributed by atoms with Gasteiger partial charge in [0.1, 0.15) is 12.4 Å². The second-order valence-corrected chi connectivity index (χ2v) is 2.80. The van der Waals surface area contributed by atoms with Crippen molar-refractivity contribution >= 4 is 5.69 Å². The van der Waals surface area contributed by atoms with E-state index < -0.39 is 4.92 Å². The number of rotatable bonds is 2. The first-order valence-corrected chi connectivity index (χ1v) is 3.84. The Kier molecular flexibility index (Phi) is 1.77. The van der Waals surface area contributed by atoms with E-state index in [0.29, 0.717) is 5.82 Å². The van der Waals surface area contributed by atoms with Crippen molar-refractivity contribution in [2.75, 3.05) is 0 Å². The van der Waals surface area contributed by atoms with Crippen LogP contribution < -0.4 is 0 Å². The maximum absolute atomic E-state index is 10.4. The summed E-state index contributed by atoms with van der Waals surface area (Å²) < 4.78 is 3.10. The zero-order valence-electron chi connectivity index (χ0n) is 7.36. The molecule has 2 heterocycles. The molecule has 0 radical (unpaired) electrons. The van der Waals surface area contributed by atoms with Crippen LogP contribution in [0.2, 0.25) is 0 Å². The third-order valence-electron chi connectivity index (χ3n) is 1.71. The van der Waals surface area contributed by atoms with Gasteiger partial charge in [-0.05, 0) is 0 Å². The molecule has 0 saturated carbocycles. The van der Waals surface area contributed by atoms with E-state index >= 15 is 0 Å². The van der Waals surface area contributed by atoms with Gasteiger partial charge in [-0.3, -0.25) is 10.1 Å². The van der Waals surface area contributed by atoms with Crippen LogP contribution in [0.4, 0.5) is 5.69 Å². The van der Waals surface area contributed by atoms with Crippen molar-refractivity contribution in [1.82, 2.24) is 19.3 Å². The average molecular weight is 193 g/mol. The van der Waals surface area contributed by atoms with Crippen LogP contribution in [0.5, 0.6) is 0 Å². The number of nitrogens with zero attached hydrogens (tertiary/aromatic N) is 5. The molecule has 0 atom stereocenters. The van der Waals surface area contributed by atoms with Crippen LogP contribution >= 0.6 is 0 Å². The zero-order chi connectivity index (χ0) is 10.1. The minimum atomic E-state index is -0.494. The quantitative estimate of drug-likeness (QED) is 0.514. The number of hydrogen-bond acceptors (Lipinski definition) is 4. The Morgan fingerprint density at radius 3 is 2.79 bits per heavy atom. The molecule has 2 aromatic heterocycles. The van der Waals surface area contributed by atoms with Crippen molar-refractivity contribution in [3.8, 4) is 5.82 Å². The average Bonchev–Trinajstić information content (AvgIpc) is 2.70. The lowest BCUT2D eigenvalue weighted by molar-refractivity contribution is -0.384. The standard InChI is InChI=1S/C7H7N5O2/c1-10-4-7(8-5-10)11-3-6(2-9-11)12(13)14/h2-5H,1H3. The summed E-state index contributed by atoms with van der Waals surface area (Å²) >= 11 is 0. The van der Waals surface area contributed by atoms with Gasteiger partial charge >= 0.3 is 5.69 Å². The lowest BCUT2D eigenvalue weighted by atomic mass is 10.6. The Labute approximate surface area is 78.8 Å². The normalized spacial score (nSPS) is 10.4. The molecule has 2 rings (SSSR count). The second kappa shape index (κ2) is 2.95. The highest BCUT2D eigenvalue weighted by molar-refractivity contribution is 5.27. The first-order chi connectivity index (χ1) is 6.66. The summed E-state index contributed by atoms with van der Waals surface area (Å²) in [5.41, 5.74) is -0.0457. The Bertz CT molecular complexity index is 472. The maximum atomic E-state index is 10.4. The summed E-state index contributed by atoms with van der Waals surface area (Å²) in [6.07, 6.45) is 5.83. The molecule has 0 fully saturated rings. The molecule has 0 aliphatic rings. The molecule has 2 aromatic rings. The summed E-state index contributed by atoms with van der Waals surface area (Å²) in [4.78, 5) is 13.9. The van der Waals surface area contributed by atoms with Crippen LogP contribution in [0.1, 0.15) is 0 Å². The molecule has 0 aliphatic heterocycles. The predicted molar refractivity (Wildman–Crippen MR) is 47.0 cm³/mol. The van der Waals surface area contributed by atoms with E-state index in [0.717, 1.165) is 0 Å². The fourth-order valence-electron chi connectivity index (χ4n) is 1.05. The third-order valence-corrected chi connectivity index (χ3v) is 1.71. The van der Waals surface area contributed by atoms with E-state index in [9.17, 15) is 10.1 Å². The number of aromatic nitrogens is 4. The predicted octanol–water partition coefficient (Wildman–Crippen LogP) is 0.514. The van der Waals surface area contributed by atoms with Gasteiger partial charge in [0.15, 0.2) is 5.82 Å². The summed E-state index contributed by atoms with van der Waals surface area (Å²) in [5.74, 6) is 0.556. The van der Waals surface area contributed by atoms with Gasteiger partial charge in [0.05, 0.1) is 11.3 Å². The van der Waals surface area contributed by atoms with Gasteiger partial charge in [-0.25, -0.2) is 9.67 Å². The van der Waals surface area contributed by atoms with Crippen molar-refractivity contribution in [3.05, 3.63) is 35.0 Å². The minimum absolute atomic E-state index is 0.0457. The van der Waals surface area contributed by atoms with Gasteiger partial charge in [0.2, 0.25) is 0 Å². The largest absolute Gasteiger partial charge is 0.338 e. The first-order valence-electron chi connectivity index (χ1n) is 3.84. The molecule has 0 spiro atoms. The monoisotopic (exact) mass is 193 g/mol. The molecule has 72 valence electrons. The molecule has 0 unspecified atom stereocenters. The fourth-order valence-corrected chi connectivity index (χ4v) is 1.05. The summed E-state index contributed by atoms with van der Waals surface area (Å²) in [6.45, 7) is 0. The van der Waals surface area contributed by atoms with Crippen molar-refractivity contribution in [3.63, 3.8) is 0 Å². The first kappa shape index (κ1) is 8.42. The van der Waals surface area contributed by atoms with E-state index in [-0.39, 0.29) is 5.69 Å². The SMILES string of the molecule is Cn1cnc(-n2cc([N+](=O)[O-])cn2)c1. The minimum Gasteiger partial charge on any atom is -0.338 e. The van der Waals surface area contributed by atoms with Crippen LogP contribution in [0, 0.1) is 10.1 Å². The summed E-state index contributed by atoms with van der Waals surface area (Å²) in [7, 11) is 1.81. The lowest BCUT2D eigenvalue weighted by Crippen LogP contribution is -1.93. The molecule has 0 amide bonds. The molecule has 0 bridgehead atoms. The van der Waals surface area contributed by atoms with Crippen LogP contribution in [-0.4, -0.2) is 24.3 Å².